The highest BCUT2D eigenvalue weighted by Gasteiger charge is 2.24. The van der Waals surface area contributed by atoms with Gasteiger partial charge in [-0.15, -0.1) is 0 Å². The van der Waals surface area contributed by atoms with Crippen molar-refractivity contribution in [3.05, 3.63) is 91.0 Å². The van der Waals surface area contributed by atoms with Gasteiger partial charge >= 0.3 is 6.03 Å². The molecule has 0 bridgehead atoms. The van der Waals surface area contributed by atoms with E-state index in [9.17, 15) is 4.79 Å². The highest BCUT2D eigenvalue weighted by molar-refractivity contribution is 6.08. The van der Waals surface area contributed by atoms with Gasteiger partial charge in [-0.05, 0) is 42.8 Å². The quantitative estimate of drug-likeness (QED) is 0.389. The Morgan fingerprint density at radius 3 is 1.57 bits per heavy atom. The summed E-state index contributed by atoms with van der Waals surface area (Å²) < 4.78 is 0. The molecule has 0 aliphatic heterocycles. The second-order valence-corrected chi connectivity index (χ2v) is 6.84. The summed E-state index contributed by atoms with van der Waals surface area (Å²) in [4.78, 5) is 17.5. The molecule has 0 atom stereocenters. The van der Waals surface area contributed by atoms with Gasteiger partial charge in [0.05, 0.1) is 11.4 Å². The summed E-state index contributed by atoms with van der Waals surface area (Å²) in [7, 11) is 0. The van der Waals surface area contributed by atoms with E-state index in [4.69, 9.17) is 0 Å². The number of unbranched alkanes of at least 4 members (excludes halogenated alkanes) is 3. The van der Waals surface area contributed by atoms with E-state index in [1.54, 1.807) is 4.90 Å². The van der Waals surface area contributed by atoms with Crippen LogP contribution in [0.3, 0.4) is 0 Å². The molecule has 3 aromatic carbocycles. The molecule has 144 valence electrons. The molecule has 0 fully saturated rings. The molecule has 0 unspecified atom stereocenters. The molecule has 28 heavy (non-hydrogen) atoms. The topological polar surface area (TPSA) is 23.6 Å². The second-order valence-electron chi connectivity index (χ2n) is 6.84. The zero-order valence-electron chi connectivity index (χ0n) is 16.5. The Bertz CT molecular complexity index is 795. The minimum Gasteiger partial charge on any atom is -0.294 e. The summed E-state index contributed by atoms with van der Waals surface area (Å²) in [6, 6.07) is 29.6. The molecule has 3 nitrogen and oxygen atoms in total. The van der Waals surface area contributed by atoms with Gasteiger partial charge in [0.15, 0.2) is 0 Å². The van der Waals surface area contributed by atoms with Crippen LogP contribution in [0.15, 0.2) is 91.0 Å². The van der Waals surface area contributed by atoms with Crippen molar-refractivity contribution >= 4 is 23.1 Å². The van der Waals surface area contributed by atoms with Gasteiger partial charge < -0.3 is 0 Å². The standard InChI is InChI=1S/C25H28N2O/c1-2-3-4-14-21-26(22-15-8-5-9-16-22)25(28)27(23-17-10-6-11-18-23)24-19-12-7-13-20-24/h5-13,15-20H,2-4,14,21H2,1H3. The largest absolute Gasteiger partial charge is 0.333 e. The Balaban J connectivity index is 1.95. The first-order valence-corrected chi connectivity index (χ1v) is 10.1. The van der Waals surface area contributed by atoms with Crippen LogP contribution in [0.1, 0.15) is 32.6 Å². The van der Waals surface area contributed by atoms with E-state index >= 15 is 0 Å². The Kier molecular flexibility index (Phi) is 7.25. The van der Waals surface area contributed by atoms with Crippen molar-refractivity contribution in [1.82, 2.24) is 0 Å². The van der Waals surface area contributed by atoms with E-state index in [1.807, 2.05) is 95.9 Å². The fraction of sp³-hybridized carbons (Fsp3) is 0.240. The van der Waals surface area contributed by atoms with Crippen molar-refractivity contribution in [2.24, 2.45) is 0 Å². The van der Waals surface area contributed by atoms with Gasteiger partial charge in [-0.25, -0.2) is 4.79 Å². The lowest BCUT2D eigenvalue weighted by Gasteiger charge is -2.31. The minimum absolute atomic E-state index is 0.0277. The fourth-order valence-corrected chi connectivity index (χ4v) is 3.28. The van der Waals surface area contributed by atoms with Crippen molar-refractivity contribution in [2.75, 3.05) is 16.3 Å². The normalized spacial score (nSPS) is 10.5. The Labute approximate surface area is 168 Å². The Hall–Kier alpha value is -3.07. The highest BCUT2D eigenvalue weighted by atomic mass is 16.2. The first-order chi connectivity index (χ1) is 13.8. The monoisotopic (exact) mass is 372 g/mol. The van der Waals surface area contributed by atoms with E-state index in [-0.39, 0.29) is 6.03 Å². The van der Waals surface area contributed by atoms with Gasteiger partial charge in [0.1, 0.15) is 0 Å². The summed E-state index contributed by atoms with van der Waals surface area (Å²) in [5.41, 5.74) is 2.67. The van der Waals surface area contributed by atoms with Crippen molar-refractivity contribution in [3.8, 4) is 0 Å². The zero-order chi connectivity index (χ0) is 19.6. The molecule has 3 rings (SSSR count). The number of hydrogen-bond acceptors (Lipinski definition) is 1. The molecule has 0 spiro atoms. The molecule has 3 heteroatoms. The smallest absolute Gasteiger partial charge is 0.294 e. The predicted octanol–water partition coefficient (Wildman–Crippen LogP) is 7.03. The predicted molar refractivity (Wildman–Crippen MR) is 118 cm³/mol. The second kappa shape index (κ2) is 10.3. The van der Waals surface area contributed by atoms with Crippen LogP contribution in [0.25, 0.3) is 0 Å². The molecule has 0 saturated heterocycles. The SMILES string of the molecule is CCCCCCN(C(=O)N(c1ccccc1)c1ccccc1)c1ccccc1. The van der Waals surface area contributed by atoms with Gasteiger partial charge in [-0.1, -0.05) is 80.8 Å². The lowest BCUT2D eigenvalue weighted by atomic mass is 10.2. The summed E-state index contributed by atoms with van der Waals surface area (Å²) in [5.74, 6) is 0. The van der Waals surface area contributed by atoms with Gasteiger partial charge in [0.2, 0.25) is 0 Å². The first kappa shape index (κ1) is 19.7. The number of carbonyl (C=O) groups excluding carboxylic acids is 1. The molecule has 0 N–H and O–H groups in total. The highest BCUT2D eigenvalue weighted by Crippen LogP contribution is 2.28. The molecular weight excluding hydrogens is 344 g/mol. The van der Waals surface area contributed by atoms with Gasteiger partial charge in [0, 0.05) is 12.2 Å². The summed E-state index contributed by atoms with van der Waals surface area (Å²) >= 11 is 0. The number of benzene rings is 3. The first-order valence-electron chi connectivity index (χ1n) is 10.1. The van der Waals surface area contributed by atoms with E-state index < -0.39 is 0 Å². The van der Waals surface area contributed by atoms with Crippen molar-refractivity contribution in [1.29, 1.82) is 0 Å². The molecule has 3 aromatic rings. The third kappa shape index (κ3) is 5.01. The van der Waals surface area contributed by atoms with Crippen LogP contribution in [-0.2, 0) is 0 Å². The Morgan fingerprint density at radius 1 is 0.643 bits per heavy atom. The molecule has 0 aliphatic rings. The number of nitrogens with zero attached hydrogens (tertiary/aromatic N) is 2. The number of rotatable bonds is 8. The van der Waals surface area contributed by atoms with Gasteiger partial charge in [-0.3, -0.25) is 9.80 Å². The van der Waals surface area contributed by atoms with E-state index in [2.05, 4.69) is 6.92 Å². The van der Waals surface area contributed by atoms with Crippen LogP contribution >= 0.6 is 0 Å². The lowest BCUT2D eigenvalue weighted by molar-refractivity contribution is 0.253. The van der Waals surface area contributed by atoms with Crippen LogP contribution in [-0.4, -0.2) is 12.6 Å². The molecule has 0 aromatic heterocycles. The number of anilines is 3. The number of urea groups is 1. The maximum Gasteiger partial charge on any atom is 0.333 e. The average molecular weight is 373 g/mol. The van der Waals surface area contributed by atoms with Crippen LogP contribution < -0.4 is 9.80 Å². The van der Waals surface area contributed by atoms with Crippen LogP contribution in [0, 0.1) is 0 Å². The number of hydrogen-bond donors (Lipinski definition) is 0. The average Bonchev–Trinajstić information content (AvgIpc) is 2.76. The number of para-hydroxylation sites is 3. The third-order valence-corrected chi connectivity index (χ3v) is 4.75. The molecule has 0 radical (unpaired) electrons. The third-order valence-electron chi connectivity index (χ3n) is 4.75. The Morgan fingerprint density at radius 2 is 1.11 bits per heavy atom. The minimum atomic E-state index is -0.0277. The summed E-state index contributed by atoms with van der Waals surface area (Å²) in [6.07, 6.45) is 4.49. The van der Waals surface area contributed by atoms with Crippen LogP contribution in [0.5, 0.6) is 0 Å². The molecule has 0 saturated carbocycles. The van der Waals surface area contributed by atoms with E-state index in [0.717, 1.165) is 29.9 Å². The molecule has 0 heterocycles. The number of carbonyl (C=O) groups is 1. The van der Waals surface area contributed by atoms with Crippen molar-refractivity contribution in [3.63, 3.8) is 0 Å². The van der Waals surface area contributed by atoms with Crippen molar-refractivity contribution < 1.29 is 4.79 Å². The van der Waals surface area contributed by atoms with Crippen LogP contribution in [0.4, 0.5) is 21.9 Å². The maximum absolute atomic E-state index is 13.8. The molecule has 2 amide bonds. The molecule has 0 aliphatic carbocycles. The number of amides is 2. The lowest BCUT2D eigenvalue weighted by Crippen LogP contribution is -2.41. The summed E-state index contributed by atoms with van der Waals surface area (Å²) in [6.45, 7) is 2.91. The summed E-state index contributed by atoms with van der Waals surface area (Å²) in [5, 5.41) is 0. The molecular formula is C25H28N2O. The zero-order valence-corrected chi connectivity index (χ0v) is 16.5. The maximum atomic E-state index is 13.8. The van der Waals surface area contributed by atoms with Crippen LogP contribution in [0.2, 0.25) is 0 Å². The van der Waals surface area contributed by atoms with E-state index in [0.29, 0.717) is 6.54 Å². The van der Waals surface area contributed by atoms with Gasteiger partial charge in [-0.2, -0.15) is 0 Å². The fourth-order valence-electron chi connectivity index (χ4n) is 3.28. The van der Waals surface area contributed by atoms with Gasteiger partial charge in [0.25, 0.3) is 0 Å². The van der Waals surface area contributed by atoms with Crippen molar-refractivity contribution in [2.45, 2.75) is 32.6 Å². The van der Waals surface area contributed by atoms with E-state index in [1.165, 1.54) is 12.8 Å².